The van der Waals surface area contributed by atoms with E-state index < -0.39 is 0 Å². The van der Waals surface area contributed by atoms with E-state index in [0.29, 0.717) is 19.6 Å². The Morgan fingerprint density at radius 3 is 2.83 bits per heavy atom. The number of ether oxygens (including phenoxy) is 2. The van der Waals surface area contributed by atoms with E-state index in [1.54, 1.807) is 6.20 Å². The fourth-order valence-electron chi connectivity index (χ4n) is 1.66. The van der Waals surface area contributed by atoms with Crippen LogP contribution in [-0.2, 0) is 16.1 Å². The molecule has 102 valence electrons. The van der Waals surface area contributed by atoms with Crippen molar-refractivity contribution in [1.29, 1.82) is 0 Å². The molecule has 0 bridgehead atoms. The maximum absolute atomic E-state index is 11.1. The highest BCUT2D eigenvalue weighted by Gasteiger charge is 2.02. The van der Waals surface area contributed by atoms with Crippen molar-refractivity contribution in [2.24, 2.45) is 0 Å². The molecule has 0 aromatic carbocycles. The zero-order valence-corrected chi connectivity index (χ0v) is 11.2. The number of hydrogen-bond acceptors (Lipinski definition) is 4. The van der Waals surface area contributed by atoms with E-state index in [2.05, 4.69) is 5.10 Å². The zero-order chi connectivity index (χ0) is 13.2. The molecule has 18 heavy (non-hydrogen) atoms. The van der Waals surface area contributed by atoms with Gasteiger partial charge in [0.25, 0.3) is 0 Å². The van der Waals surface area contributed by atoms with E-state index in [1.165, 1.54) is 0 Å². The van der Waals surface area contributed by atoms with Crippen LogP contribution in [0.1, 0.15) is 39.5 Å². The first-order valence-corrected chi connectivity index (χ1v) is 6.57. The van der Waals surface area contributed by atoms with Gasteiger partial charge in [0.1, 0.15) is 0 Å². The van der Waals surface area contributed by atoms with Gasteiger partial charge in [0, 0.05) is 13.0 Å². The molecule has 5 heteroatoms. The summed E-state index contributed by atoms with van der Waals surface area (Å²) in [6.45, 7) is 5.76. The number of esters is 1. The lowest BCUT2D eigenvalue weighted by Crippen LogP contribution is -2.04. The van der Waals surface area contributed by atoms with Crippen LogP contribution in [0, 0.1) is 0 Å². The first kappa shape index (κ1) is 14.5. The molecule has 0 aliphatic carbocycles. The molecule has 1 aromatic rings. The molecule has 1 rings (SSSR count). The molecule has 1 aromatic heterocycles. The first-order chi connectivity index (χ1) is 8.76. The SMILES string of the molecule is CCOC(=O)CCCCCn1cc(OCC)cn1. The highest BCUT2D eigenvalue weighted by Crippen LogP contribution is 2.09. The van der Waals surface area contributed by atoms with Gasteiger partial charge in [-0.1, -0.05) is 6.42 Å². The fraction of sp³-hybridized carbons (Fsp3) is 0.692. The van der Waals surface area contributed by atoms with Gasteiger partial charge in [-0.3, -0.25) is 9.48 Å². The molecule has 0 unspecified atom stereocenters. The predicted molar refractivity (Wildman–Crippen MR) is 68.5 cm³/mol. The molecule has 0 fully saturated rings. The van der Waals surface area contributed by atoms with Crippen LogP contribution in [0.15, 0.2) is 12.4 Å². The average Bonchev–Trinajstić information content (AvgIpc) is 2.77. The highest BCUT2D eigenvalue weighted by atomic mass is 16.5. The Hall–Kier alpha value is -1.52. The fourth-order valence-corrected chi connectivity index (χ4v) is 1.66. The number of carbonyl (C=O) groups excluding carboxylic acids is 1. The van der Waals surface area contributed by atoms with Crippen molar-refractivity contribution < 1.29 is 14.3 Å². The minimum Gasteiger partial charge on any atom is -0.491 e. The third-order valence-electron chi connectivity index (χ3n) is 2.49. The summed E-state index contributed by atoms with van der Waals surface area (Å²) in [5, 5.41) is 4.20. The van der Waals surface area contributed by atoms with Gasteiger partial charge in [-0.15, -0.1) is 0 Å². The van der Waals surface area contributed by atoms with Gasteiger partial charge in [0.05, 0.1) is 25.6 Å². The molecule has 0 spiro atoms. The molecular weight excluding hydrogens is 232 g/mol. The molecule has 0 saturated heterocycles. The molecule has 0 amide bonds. The monoisotopic (exact) mass is 254 g/mol. The van der Waals surface area contributed by atoms with Gasteiger partial charge in [-0.2, -0.15) is 5.10 Å². The van der Waals surface area contributed by atoms with Gasteiger partial charge >= 0.3 is 5.97 Å². The zero-order valence-electron chi connectivity index (χ0n) is 11.2. The van der Waals surface area contributed by atoms with Gasteiger partial charge in [-0.05, 0) is 26.7 Å². The number of aryl methyl sites for hydroxylation is 1. The summed E-state index contributed by atoms with van der Waals surface area (Å²) in [4.78, 5) is 11.1. The Morgan fingerprint density at radius 2 is 2.11 bits per heavy atom. The Bertz CT molecular complexity index is 350. The number of unbranched alkanes of at least 4 members (excludes halogenated alkanes) is 2. The van der Waals surface area contributed by atoms with Crippen LogP contribution >= 0.6 is 0 Å². The summed E-state index contributed by atoms with van der Waals surface area (Å²) in [5.74, 6) is 0.708. The molecule has 0 N–H and O–H groups in total. The Morgan fingerprint density at radius 1 is 1.28 bits per heavy atom. The normalized spacial score (nSPS) is 10.3. The van der Waals surface area contributed by atoms with Crippen molar-refractivity contribution in [2.75, 3.05) is 13.2 Å². The van der Waals surface area contributed by atoms with Crippen molar-refractivity contribution in [1.82, 2.24) is 9.78 Å². The van der Waals surface area contributed by atoms with Crippen LogP contribution in [0.4, 0.5) is 0 Å². The maximum Gasteiger partial charge on any atom is 0.305 e. The molecule has 0 saturated carbocycles. The largest absolute Gasteiger partial charge is 0.491 e. The van der Waals surface area contributed by atoms with Gasteiger partial charge in [-0.25, -0.2) is 0 Å². The Balaban J connectivity index is 2.08. The Labute approximate surface area is 108 Å². The third-order valence-corrected chi connectivity index (χ3v) is 2.49. The molecule has 0 aliphatic rings. The van der Waals surface area contributed by atoms with Crippen LogP contribution in [0.2, 0.25) is 0 Å². The number of hydrogen-bond donors (Lipinski definition) is 0. The first-order valence-electron chi connectivity index (χ1n) is 6.57. The smallest absolute Gasteiger partial charge is 0.305 e. The van der Waals surface area contributed by atoms with Crippen molar-refractivity contribution in [2.45, 2.75) is 46.1 Å². The minimum atomic E-state index is -0.102. The van der Waals surface area contributed by atoms with E-state index >= 15 is 0 Å². The van der Waals surface area contributed by atoms with E-state index in [-0.39, 0.29) is 5.97 Å². The average molecular weight is 254 g/mol. The summed E-state index contributed by atoms with van der Waals surface area (Å²) in [5.41, 5.74) is 0. The van der Waals surface area contributed by atoms with Gasteiger partial charge < -0.3 is 9.47 Å². The van der Waals surface area contributed by atoms with Crippen LogP contribution in [0.3, 0.4) is 0 Å². The van der Waals surface area contributed by atoms with E-state index in [1.807, 2.05) is 24.7 Å². The highest BCUT2D eigenvalue weighted by molar-refractivity contribution is 5.69. The summed E-state index contributed by atoms with van der Waals surface area (Å²) >= 11 is 0. The number of rotatable bonds is 9. The minimum absolute atomic E-state index is 0.102. The second kappa shape index (κ2) is 8.55. The molecular formula is C13H22N2O3. The summed E-state index contributed by atoms with van der Waals surface area (Å²) in [6, 6.07) is 0. The summed E-state index contributed by atoms with van der Waals surface area (Å²) < 4.78 is 12.1. The molecule has 0 atom stereocenters. The van der Waals surface area contributed by atoms with Crippen LogP contribution in [0.5, 0.6) is 5.75 Å². The third kappa shape index (κ3) is 5.70. The number of aromatic nitrogens is 2. The predicted octanol–water partition coefficient (Wildman–Crippen LogP) is 2.41. The second-order valence-electron chi connectivity index (χ2n) is 3.99. The quantitative estimate of drug-likeness (QED) is 0.501. The van der Waals surface area contributed by atoms with Crippen LogP contribution in [-0.4, -0.2) is 29.0 Å². The summed E-state index contributed by atoms with van der Waals surface area (Å²) in [6.07, 6.45) is 7.02. The lowest BCUT2D eigenvalue weighted by Gasteiger charge is -2.02. The number of nitrogens with zero attached hydrogens (tertiary/aromatic N) is 2. The summed E-state index contributed by atoms with van der Waals surface area (Å²) in [7, 11) is 0. The molecule has 5 nitrogen and oxygen atoms in total. The number of carbonyl (C=O) groups is 1. The standard InChI is InChI=1S/C13H22N2O3/c1-3-17-12-10-14-15(11-12)9-7-5-6-8-13(16)18-4-2/h10-11H,3-9H2,1-2H3. The van der Waals surface area contributed by atoms with Crippen molar-refractivity contribution >= 4 is 5.97 Å². The maximum atomic E-state index is 11.1. The lowest BCUT2D eigenvalue weighted by molar-refractivity contribution is -0.143. The topological polar surface area (TPSA) is 53.4 Å². The van der Waals surface area contributed by atoms with E-state index in [4.69, 9.17) is 9.47 Å². The van der Waals surface area contributed by atoms with Gasteiger partial charge in [0.15, 0.2) is 5.75 Å². The van der Waals surface area contributed by atoms with Crippen molar-refractivity contribution in [3.63, 3.8) is 0 Å². The molecule has 0 radical (unpaired) electrons. The van der Waals surface area contributed by atoms with Crippen LogP contribution < -0.4 is 4.74 Å². The second-order valence-corrected chi connectivity index (χ2v) is 3.99. The Kier molecular flexibility index (Phi) is 6.91. The van der Waals surface area contributed by atoms with E-state index in [0.717, 1.165) is 31.6 Å². The van der Waals surface area contributed by atoms with Gasteiger partial charge in [0.2, 0.25) is 0 Å². The van der Waals surface area contributed by atoms with Crippen molar-refractivity contribution in [3.05, 3.63) is 12.4 Å². The lowest BCUT2D eigenvalue weighted by atomic mass is 10.2. The van der Waals surface area contributed by atoms with Crippen LogP contribution in [0.25, 0.3) is 0 Å². The van der Waals surface area contributed by atoms with E-state index in [9.17, 15) is 4.79 Å². The van der Waals surface area contributed by atoms with Crippen molar-refractivity contribution in [3.8, 4) is 5.75 Å². The molecule has 1 heterocycles. The molecule has 0 aliphatic heterocycles.